The fourth-order valence-electron chi connectivity index (χ4n) is 14.4. The summed E-state index contributed by atoms with van der Waals surface area (Å²) in [6.07, 6.45) is 20.9. The Labute approximate surface area is 329 Å². The number of fused-ring (bicyclic) bond motifs is 7. The van der Waals surface area contributed by atoms with Crippen LogP contribution in [0.15, 0.2) is 41.6 Å². The summed E-state index contributed by atoms with van der Waals surface area (Å²) in [6, 6.07) is 5.34. The van der Waals surface area contributed by atoms with Crippen LogP contribution in [0.25, 0.3) is 0 Å². The number of rotatable bonds is 9. The van der Waals surface area contributed by atoms with Crippen LogP contribution in [0.3, 0.4) is 0 Å². The van der Waals surface area contributed by atoms with Crippen molar-refractivity contribution in [1.29, 1.82) is 5.26 Å². The molecule has 6 aliphatic carbocycles. The van der Waals surface area contributed by atoms with E-state index in [9.17, 15) is 18.3 Å². The molecule has 9 atom stereocenters. The van der Waals surface area contributed by atoms with E-state index < -0.39 is 21.2 Å². The van der Waals surface area contributed by atoms with Gasteiger partial charge >= 0.3 is 5.97 Å². The summed E-state index contributed by atoms with van der Waals surface area (Å²) in [5, 5.41) is 23.7. The van der Waals surface area contributed by atoms with Gasteiger partial charge in [0.05, 0.1) is 17.1 Å². The van der Waals surface area contributed by atoms with E-state index in [0.29, 0.717) is 66.1 Å². The number of carbonyl (C=O) groups is 1. The van der Waals surface area contributed by atoms with E-state index in [0.717, 1.165) is 43.7 Å². The quantitative estimate of drug-likeness (QED) is 0.261. The number of nitrogens with one attached hydrogen (secondary N) is 1. The van der Waals surface area contributed by atoms with E-state index in [-0.39, 0.29) is 23.0 Å². The lowest BCUT2D eigenvalue weighted by Crippen LogP contribution is -2.64. The fourth-order valence-corrected chi connectivity index (χ4v) is 15.7. The Morgan fingerprint density at radius 1 is 0.964 bits per heavy atom. The summed E-state index contributed by atoms with van der Waals surface area (Å²) in [6.45, 7) is 13.6. The average Bonchev–Trinajstić information content (AvgIpc) is 3.59. The van der Waals surface area contributed by atoms with E-state index in [1.165, 1.54) is 75.1 Å². The van der Waals surface area contributed by atoms with Gasteiger partial charge < -0.3 is 20.1 Å². The Kier molecular flexibility index (Phi) is 10.1. The number of ether oxygens (including phenoxy) is 1. The third kappa shape index (κ3) is 6.70. The van der Waals surface area contributed by atoms with Crippen LogP contribution in [0.1, 0.15) is 117 Å². The minimum Gasteiger partial charge on any atom is -0.481 e. The van der Waals surface area contributed by atoms with Crippen molar-refractivity contribution in [2.75, 3.05) is 44.3 Å². The second kappa shape index (κ2) is 14.3. The van der Waals surface area contributed by atoms with Crippen LogP contribution in [0.5, 0.6) is 5.88 Å². The number of hydrogen-bond donors (Lipinski definition) is 2. The first-order chi connectivity index (χ1) is 26.1. The second-order valence-electron chi connectivity index (χ2n) is 20.0. The molecule has 0 aromatic carbocycles. The van der Waals surface area contributed by atoms with Gasteiger partial charge in [-0.05, 0) is 140 Å². The summed E-state index contributed by atoms with van der Waals surface area (Å²) < 4.78 is 29.9. The van der Waals surface area contributed by atoms with Gasteiger partial charge in [-0.15, -0.1) is 0 Å². The largest absolute Gasteiger partial charge is 0.481 e. The molecule has 7 aliphatic rings. The van der Waals surface area contributed by atoms with Crippen LogP contribution in [0.4, 0.5) is 0 Å². The summed E-state index contributed by atoms with van der Waals surface area (Å²) in [4.78, 5) is 19.2. The monoisotopic (exact) mass is 772 g/mol. The highest BCUT2D eigenvalue weighted by atomic mass is 32.2. The first-order valence-electron chi connectivity index (χ1n) is 21.5. The van der Waals surface area contributed by atoms with Gasteiger partial charge in [-0.2, -0.15) is 5.26 Å². The molecule has 0 bridgehead atoms. The highest BCUT2D eigenvalue weighted by Gasteiger charge is 2.65. The van der Waals surface area contributed by atoms with E-state index in [2.05, 4.69) is 61.1 Å². The van der Waals surface area contributed by atoms with Crippen molar-refractivity contribution in [1.82, 2.24) is 15.2 Å². The molecule has 1 saturated heterocycles. The molecule has 8 rings (SSSR count). The number of nitrogens with zero attached hydrogens (tertiary/aromatic N) is 3. The van der Waals surface area contributed by atoms with Gasteiger partial charge in [-0.3, -0.25) is 4.79 Å². The average molecular weight is 773 g/mol. The molecule has 55 heavy (non-hydrogen) atoms. The number of aromatic nitrogens is 1. The van der Waals surface area contributed by atoms with Crippen LogP contribution in [0, 0.1) is 62.6 Å². The molecule has 4 saturated carbocycles. The number of carboxylic acids is 1. The SMILES string of the molecule is CC1(C)C(C2=CCC(COc3ccc(C#N)cn3)(C(=O)O)CC2)=CCC2(C)C1CC[C@@]1(C)C3CCC4(NCCN5CCS(=O)(=O)CC5)CCC[C@@H]4C3CCC21. The third-order valence-electron chi connectivity index (χ3n) is 17.2. The molecule has 1 aromatic heterocycles. The minimum atomic E-state index is -2.85. The van der Waals surface area contributed by atoms with Crippen LogP contribution in [-0.4, -0.2) is 79.2 Å². The Morgan fingerprint density at radius 2 is 1.76 bits per heavy atom. The summed E-state index contributed by atoms with van der Waals surface area (Å²) >= 11 is 0. The summed E-state index contributed by atoms with van der Waals surface area (Å²) in [7, 11) is -2.85. The molecule has 2 heterocycles. The maximum Gasteiger partial charge on any atom is 0.313 e. The summed E-state index contributed by atoms with van der Waals surface area (Å²) in [5.74, 6) is 3.78. The van der Waals surface area contributed by atoms with Crippen LogP contribution in [-0.2, 0) is 14.6 Å². The molecule has 1 aromatic rings. The first kappa shape index (κ1) is 39.1. The number of aliphatic carboxylic acids is 1. The lowest BCUT2D eigenvalue weighted by atomic mass is 9.37. The molecule has 2 N–H and O–H groups in total. The van der Waals surface area contributed by atoms with Crippen molar-refractivity contribution < 1.29 is 23.1 Å². The maximum atomic E-state index is 12.7. The number of sulfone groups is 1. The van der Waals surface area contributed by atoms with Gasteiger partial charge in [0.15, 0.2) is 9.84 Å². The lowest BCUT2D eigenvalue weighted by molar-refractivity contribution is -0.175. The lowest BCUT2D eigenvalue weighted by Gasteiger charge is -2.68. The van der Waals surface area contributed by atoms with E-state index in [1.807, 2.05) is 0 Å². The molecule has 300 valence electrons. The second-order valence-corrected chi connectivity index (χ2v) is 22.3. The Hall–Kier alpha value is -2.74. The van der Waals surface area contributed by atoms with Crippen LogP contribution in [0.2, 0.25) is 0 Å². The zero-order valence-electron chi connectivity index (χ0n) is 33.7. The molecule has 10 heteroatoms. The van der Waals surface area contributed by atoms with Crippen LogP contribution >= 0.6 is 0 Å². The zero-order valence-corrected chi connectivity index (χ0v) is 34.6. The van der Waals surface area contributed by atoms with Crippen molar-refractivity contribution >= 4 is 15.8 Å². The predicted molar refractivity (Wildman–Crippen MR) is 214 cm³/mol. The van der Waals surface area contributed by atoms with Gasteiger partial charge in [0.1, 0.15) is 18.1 Å². The normalized spacial score (nSPS) is 40.6. The number of nitriles is 1. The highest BCUT2D eigenvalue weighted by molar-refractivity contribution is 7.91. The fraction of sp³-hybridized carbons (Fsp3) is 0.756. The Morgan fingerprint density at radius 3 is 2.45 bits per heavy atom. The molecule has 1 aliphatic heterocycles. The van der Waals surface area contributed by atoms with Gasteiger partial charge in [0.25, 0.3) is 0 Å². The van der Waals surface area contributed by atoms with E-state index >= 15 is 0 Å². The number of hydrogen-bond acceptors (Lipinski definition) is 8. The minimum absolute atomic E-state index is 0.0127. The Balaban J connectivity index is 0.948. The third-order valence-corrected chi connectivity index (χ3v) is 18.8. The van der Waals surface area contributed by atoms with Crippen LogP contribution < -0.4 is 10.1 Å². The molecule has 7 unspecified atom stereocenters. The molecule has 0 spiro atoms. The number of allylic oxidation sites excluding steroid dienone is 4. The van der Waals surface area contributed by atoms with E-state index in [1.54, 1.807) is 12.1 Å². The van der Waals surface area contributed by atoms with Crippen molar-refractivity contribution in [2.24, 2.45) is 51.2 Å². The topological polar surface area (TPSA) is 133 Å². The molecule has 0 amide bonds. The highest BCUT2D eigenvalue weighted by Crippen LogP contribution is 2.72. The Bertz CT molecular complexity index is 1850. The van der Waals surface area contributed by atoms with Crippen molar-refractivity contribution in [3.05, 3.63) is 47.2 Å². The number of carboxylic acid groups (broad SMARTS) is 1. The van der Waals surface area contributed by atoms with Gasteiger partial charge in [-0.1, -0.05) is 46.3 Å². The van der Waals surface area contributed by atoms with Gasteiger partial charge in [0.2, 0.25) is 5.88 Å². The smallest absolute Gasteiger partial charge is 0.313 e. The first-order valence-corrected chi connectivity index (χ1v) is 23.3. The van der Waals surface area contributed by atoms with E-state index in [4.69, 9.17) is 10.00 Å². The predicted octanol–water partition coefficient (Wildman–Crippen LogP) is 7.59. The molecule has 9 nitrogen and oxygen atoms in total. The summed E-state index contributed by atoms with van der Waals surface area (Å²) in [5.41, 5.74) is 3.11. The molecular formula is C45H64N4O5S. The maximum absolute atomic E-state index is 12.7. The van der Waals surface area contributed by atoms with Gasteiger partial charge in [-0.25, -0.2) is 13.4 Å². The molecular weight excluding hydrogens is 709 g/mol. The van der Waals surface area contributed by atoms with Crippen molar-refractivity contribution in [3.8, 4) is 11.9 Å². The number of pyridine rings is 1. The molecule has 5 fully saturated rings. The van der Waals surface area contributed by atoms with Crippen molar-refractivity contribution in [3.63, 3.8) is 0 Å². The van der Waals surface area contributed by atoms with Crippen molar-refractivity contribution in [2.45, 2.75) is 117 Å². The zero-order chi connectivity index (χ0) is 38.9. The molecule has 0 radical (unpaired) electrons. The standard InChI is InChI=1S/C45H64N4O5S/c1-41(2)34(32-11-19-44(20-12-32,40(50)51)30-54-39-10-7-31(28-46)29-47-39)13-17-43(4)37(41)15-18-42(3)35-14-21-45(16-5-6-36(45)33(35)8-9-38(42)43)48-22-23-49-24-26-55(52,53)27-25-49/h7,10-11,13,29,33,35-38,48H,5-6,8-9,12,14-27,30H2,1-4H3,(H,50,51)/t33?,35?,36-,37?,38?,42+,43?,44?,45?/m1/s1. The van der Waals surface area contributed by atoms with Gasteiger partial charge in [0, 0.05) is 44.0 Å².